The molecule has 1 aromatic heterocycles. The summed E-state index contributed by atoms with van der Waals surface area (Å²) in [5, 5.41) is 7.60. The third kappa shape index (κ3) is 2.58. The molecule has 3 aromatic rings. The first kappa shape index (κ1) is 14.6. The van der Waals surface area contributed by atoms with E-state index >= 15 is 0 Å². The van der Waals surface area contributed by atoms with Crippen LogP contribution in [0.2, 0.25) is 0 Å². The standard InChI is InChI=1S/C19H17FN4/c1-2-13-3-5-15(6-4-13)18-11-17(14-7-9-16(20)10-8-14)23-19-21-12-22-24(18)19/h3-12,18H,2H2,1H3,(H,21,22,23). The molecule has 24 heavy (non-hydrogen) atoms. The molecule has 0 spiro atoms. The molecule has 2 aromatic carbocycles. The van der Waals surface area contributed by atoms with Crippen LogP contribution in [0.15, 0.2) is 60.9 Å². The zero-order valence-corrected chi connectivity index (χ0v) is 13.3. The van der Waals surface area contributed by atoms with E-state index in [1.807, 2.05) is 4.68 Å². The van der Waals surface area contributed by atoms with Gasteiger partial charge in [-0.2, -0.15) is 10.1 Å². The van der Waals surface area contributed by atoms with Crippen LogP contribution >= 0.6 is 0 Å². The Kier molecular flexibility index (Phi) is 3.61. The third-order valence-corrected chi connectivity index (χ3v) is 4.29. The number of aryl methyl sites for hydroxylation is 1. The van der Waals surface area contributed by atoms with E-state index in [1.54, 1.807) is 12.1 Å². The Morgan fingerprint density at radius 2 is 1.83 bits per heavy atom. The molecular weight excluding hydrogens is 303 g/mol. The number of allylic oxidation sites excluding steroid dienone is 1. The van der Waals surface area contributed by atoms with Crippen LogP contribution < -0.4 is 5.32 Å². The van der Waals surface area contributed by atoms with Crippen LogP contribution in [0.4, 0.5) is 10.3 Å². The second-order valence-electron chi connectivity index (χ2n) is 5.78. The maximum absolute atomic E-state index is 13.2. The third-order valence-electron chi connectivity index (χ3n) is 4.29. The number of hydrogen-bond acceptors (Lipinski definition) is 3. The minimum absolute atomic E-state index is 0.0466. The highest BCUT2D eigenvalue weighted by atomic mass is 19.1. The lowest BCUT2D eigenvalue weighted by atomic mass is 10.00. The van der Waals surface area contributed by atoms with Crippen LogP contribution in [0.5, 0.6) is 0 Å². The molecule has 0 fully saturated rings. The molecule has 0 aliphatic carbocycles. The summed E-state index contributed by atoms with van der Waals surface area (Å²) < 4.78 is 15.0. The van der Waals surface area contributed by atoms with Gasteiger partial charge in [0.2, 0.25) is 5.95 Å². The number of rotatable bonds is 3. The Morgan fingerprint density at radius 1 is 1.08 bits per heavy atom. The average molecular weight is 320 g/mol. The van der Waals surface area contributed by atoms with Gasteiger partial charge in [0.05, 0.1) is 0 Å². The largest absolute Gasteiger partial charge is 0.324 e. The fourth-order valence-corrected chi connectivity index (χ4v) is 2.92. The molecule has 1 aliphatic heterocycles. The van der Waals surface area contributed by atoms with E-state index < -0.39 is 0 Å². The highest BCUT2D eigenvalue weighted by molar-refractivity contribution is 5.77. The summed E-state index contributed by atoms with van der Waals surface area (Å²) in [7, 11) is 0. The Balaban J connectivity index is 1.77. The van der Waals surface area contributed by atoms with E-state index in [9.17, 15) is 4.39 Å². The lowest BCUT2D eigenvalue weighted by Crippen LogP contribution is -2.20. The van der Waals surface area contributed by atoms with Crippen LogP contribution in [0.25, 0.3) is 5.70 Å². The zero-order valence-electron chi connectivity index (χ0n) is 13.3. The fourth-order valence-electron chi connectivity index (χ4n) is 2.92. The van der Waals surface area contributed by atoms with Gasteiger partial charge >= 0.3 is 0 Å². The van der Waals surface area contributed by atoms with Gasteiger partial charge in [-0.3, -0.25) is 0 Å². The Morgan fingerprint density at radius 3 is 2.54 bits per heavy atom. The van der Waals surface area contributed by atoms with Crippen molar-refractivity contribution in [2.75, 3.05) is 5.32 Å². The van der Waals surface area contributed by atoms with Gasteiger partial charge in [0, 0.05) is 5.70 Å². The number of aromatic nitrogens is 3. The van der Waals surface area contributed by atoms with E-state index in [-0.39, 0.29) is 11.9 Å². The highest BCUT2D eigenvalue weighted by Gasteiger charge is 2.23. The minimum Gasteiger partial charge on any atom is -0.324 e. The van der Waals surface area contributed by atoms with Crippen molar-refractivity contribution in [3.8, 4) is 0 Å². The predicted molar refractivity (Wildman–Crippen MR) is 92.0 cm³/mol. The van der Waals surface area contributed by atoms with Crippen molar-refractivity contribution in [3.05, 3.63) is 83.4 Å². The average Bonchev–Trinajstić information content (AvgIpc) is 3.10. The number of halogens is 1. The molecule has 5 heteroatoms. The highest BCUT2D eigenvalue weighted by Crippen LogP contribution is 2.32. The van der Waals surface area contributed by atoms with E-state index in [0.29, 0.717) is 5.95 Å². The summed E-state index contributed by atoms with van der Waals surface area (Å²) in [6.07, 6.45) is 4.64. The quantitative estimate of drug-likeness (QED) is 0.792. The topological polar surface area (TPSA) is 42.7 Å². The maximum Gasteiger partial charge on any atom is 0.226 e. The predicted octanol–water partition coefficient (Wildman–Crippen LogP) is 4.04. The molecule has 0 bridgehead atoms. The first-order valence-corrected chi connectivity index (χ1v) is 7.97. The van der Waals surface area contributed by atoms with Crippen molar-refractivity contribution in [1.29, 1.82) is 0 Å². The van der Waals surface area contributed by atoms with Gasteiger partial charge in [-0.15, -0.1) is 0 Å². The van der Waals surface area contributed by atoms with E-state index in [1.165, 1.54) is 24.0 Å². The van der Waals surface area contributed by atoms with Crippen LogP contribution in [0, 0.1) is 5.82 Å². The van der Waals surface area contributed by atoms with Crippen molar-refractivity contribution in [3.63, 3.8) is 0 Å². The Labute approximate surface area is 139 Å². The second kappa shape index (κ2) is 5.92. The molecule has 4 rings (SSSR count). The van der Waals surface area contributed by atoms with E-state index in [4.69, 9.17) is 0 Å². The number of anilines is 1. The molecule has 4 nitrogen and oxygen atoms in total. The van der Waals surface area contributed by atoms with E-state index in [2.05, 4.69) is 52.7 Å². The molecule has 1 atom stereocenters. The normalized spacial score (nSPS) is 16.2. The van der Waals surface area contributed by atoms with Gasteiger partial charge in [-0.1, -0.05) is 31.2 Å². The van der Waals surface area contributed by atoms with Crippen LogP contribution in [0.3, 0.4) is 0 Å². The van der Waals surface area contributed by atoms with Crippen LogP contribution in [-0.4, -0.2) is 14.8 Å². The van der Waals surface area contributed by atoms with Gasteiger partial charge in [0.25, 0.3) is 0 Å². The van der Waals surface area contributed by atoms with Gasteiger partial charge in [-0.25, -0.2) is 9.07 Å². The molecule has 1 unspecified atom stereocenters. The molecule has 0 radical (unpaired) electrons. The van der Waals surface area contributed by atoms with Gasteiger partial charge in [-0.05, 0) is 53.5 Å². The molecule has 2 heterocycles. The number of nitrogens with zero attached hydrogens (tertiary/aromatic N) is 3. The number of benzene rings is 2. The molecule has 0 saturated heterocycles. The molecule has 1 N–H and O–H groups in total. The zero-order chi connectivity index (χ0) is 16.5. The molecular formula is C19H17FN4. The molecule has 120 valence electrons. The number of hydrogen-bond donors (Lipinski definition) is 1. The summed E-state index contributed by atoms with van der Waals surface area (Å²) in [5.41, 5.74) is 4.26. The maximum atomic E-state index is 13.2. The van der Waals surface area contributed by atoms with Gasteiger partial charge in [0.1, 0.15) is 18.2 Å². The van der Waals surface area contributed by atoms with Gasteiger partial charge in [0.15, 0.2) is 0 Å². The van der Waals surface area contributed by atoms with Crippen molar-refractivity contribution in [2.45, 2.75) is 19.4 Å². The molecule has 0 amide bonds. The van der Waals surface area contributed by atoms with Crippen LogP contribution in [0.1, 0.15) is 29.7 Å². The Bertz CT molecular complexity index is 878. The van der Waals surface area contributed by atoms with Crippen molar-refractivity contribution in [2.24, 2.45) is 0 Å². The monoisotopic (exact) mass is 320 g/mol. The lowest BCUT2D eigenvalue weighted by Gasteiger charge is -2.24. The second-order valence-corrected chi connectivity index (χ2v) is 5.78. The summed E-state index contributed by atoms with van der Waals surface area (Å²) in [5.74, 6) is 0.437. The number of nitrogens with one attached hydrogen (secondary N) is 1. The summed E-state index contributed by atoms with van der Waals surface area (Å²) >= 11 is 0. The van der Waals surface area contributed by atoms with Gasteiger partial charge < -0.3 is 5.32 Å². The lowest BCUT2D eigenvalue weighted by molar-refractivity contribution is 0.611. The smallest absolute Gasteiger partial charge is 0.226 e. The SMILES string of the molecule is CCc1ccc(C2C=C(c3ccc(F)cc3)Nc3ncnn32)cc1. The first-order chi connectivity index (χ1) is 11.7. The molecule has 0 saturated carbocycles. The summed E-state index contributed by atoms with van der Waals surface area (Å²) in [6.45, 7) is 2.14. The van der Waals surface area contributed by atoms with Crippen molar-refractivity contribution >= 4 is 11.6 Å². The van der Waals surface area contributed by atoms with E-state index in [0.717, 1.165) is 23.2 Å². The van der Waals surface area contributed by atoms with Crippen molar-refractivity contribution in [1.82, 2.24) is 14.8 Å². The fraction of sp³-hybridized carbons (Fsp3) is 0.158. The summed E-state index contributed by atoms with van der Waals surface area (Å²) in [4.78, 5) is 4.29. The summed E-state index contributed by atoms with van der Waals surface area (Å²) in [6, 6.07) is 14.9. The Hall–Kier alpha value is -2.95. The van der Waals surface area contributed by atoms with Crippen LogP contribution in [-0.2, 0) is 6.42 Å². The number of fused-ring (bicyclic) bond motifs is 1. The molecule has 1 aliphatic rings. The van der Waals surface area contributed by atoms with Crippen molar-refractivity contribution < 1.29 is 4.39 Å². The first-order valence-electron chi connectivity index (χ1n) is 7.97. The minimum atomic E-state index is -0.245.